The van der Waals surface area contributed by atoms with E-state index in [0.29, 0.717) is 5.92 Å². The molecule has 3 unspecified atom stereocenters. The molecule has 3 atom stereocenters. The first-order valence-electron chi connectivity index (χ1n) is 6.93. The normalized spacial score (nSPS) is 29.3. The van der Waals surface area contributed by atoms with Gasteiger partial charge in [0.1, 0.15) is 10.7 Å². The van der Waals surface area contributed by atoms with Crippen molar-refractivity contribution in [3.63, 3.8) is 0 Å². The minimum Gasteiger partial charge on any atom is -0.257 e. The van der Waals surface area contributed by atoms with Gasteiger partial charge in [0.2, 0.25) is 10.0 Å². The van der Waals surface area contributed by atoms with E-state index in [1.54, 1.807) is 0 Å². The van der Waals surface area contributed by atoms with Gasteiger partial charge in [0, 0.05) is 18.6 Å². The van der Waals surface area contributed by atoms with Crippen LogP contribution in [0.1, 0.15) is 19.3 Å². The van der Waals surface area contributed by atoms with Gasteiger partial charge < -0.3 is 0 Å². The molecule has 116 valence electrons. The lowest BCUT2D eigenvalue weighted by Gasteiger charge is -2.33. The van der Waals surface area contributed by atoms with Gasteiger partial charge in [-0.3, -0.25) is 10.9 Å². The van der Waals surface area contributed by atoms with Crippen molar-refractivity contribution < 1.29 is 12.8 Å². The molecule has 1 aromatic carbocycles. The minimum atomic E-state index is -3.76. The summed E-state index contributed by atoms with van der Waals surface area (Å²) in [5.74, 6) is -0.131. The molecule has 1 aliphatic carbocycles. The summed E-state index contributed by atoms with van der Waals surface area (Å²) < 4.78 is 40.7. The average Bonchev–Trinajstić information content (AvgIpc) is 2.87. The number of halogens is 2. The minimum absolute atomic E-state index is 0.0766. The highest BCUT2D eigenvalue weighted by atomic mass is 35.5. The number of hydrazine groups is 1. The summed E-state index contributed by atoms with van der Waals surface area (Å²) in [6, 6.07) is 3.19. The highest BCUT2D eigenvalue weighted by molar-refractivity contribution is 7.89. The summed E-state index contributed by atoms with van der Waals surface area (Å²) in [7, 11) is -3.76. The van der Waals surface area contributed by atoms with E-state index in [0.717, 1.165) is 37.9 Å². The fourth-order valence-corrected chi connectivity index (χ4v) is 4.96. The molecule has 8 heteroatoms. The second-order valence-corrected chi connectivity index (χ2v) is 7.63. The van der Waals surface area contributed by atoms with E-state index in [1.165, 1.54) is 6.07 Å². The van der Waals surface area contributed by atoms with Crippen molar-refractivity contribution in [3.8, 4) is 0 Å². The number of nitrogens with one attached hydrogen (secondary N) is 3. The van der Waals surface area contributed by atoms with Gasteiger partial charge in [0.25, 0.3) is 0 Å². The predicted molar refractivity (Wildman–Crippen MR) is 77.8 cm³/mol. The average molecular weight is 334 g/mol. The first-order valence-corrected chi connectivity index (χ1v) is 8.79. The molecule has 0 bridgehead atoms. The largest absolute Gasteiger partial charge is 0.257 e. The Balaban J connectivity index is 1.82. The molecule has 0 aromatic heterocycles. The molecule has 0 spiro atoms. The molecule has 5 nitrogen and oxygen atoms in total. The summed E-state index contributed by atoms with van der Waals surface area (Å²) in [4.78, 5) is -0.0846. The first kappa shape index (κ1) is 15.2. The third-order valence-electron chi connectivity index (χ3n) is 4.15. The Kier molecular flexibility index (Phi) is 4.20. The molecule has 1 saturated heterocycles. The lowest BCUT2D eigenvalue weighted by atomic mass is 9.83. The van der Waals surface area contributed by atoms with Crippen molar-refractivity contribution in [1.82, 2.24) is 15.6 Å². The zero-order valence-electron chi connectivity index (χ0n) is 11.3. The topological polar surface area (TPSA) is 70.2 Å². The Morgan fingerprint density at radius 3 is 2.90 bits per heavy atom. The number of hydrogen-bond donors (Lipinski definition) is 3. The molecular formula is C13H17ClFN3O2S. The van der Waals surface area contributed by atoms with Crippen molar-refractivity contribution in [2.45, 2.75) is 36.2 Å². The van der Waals surface area contributed by atoms with Gasteiger partial charge in [-0.2, -0.15) is 0 Å². The van der Waals surface area contributed by atoms with Crippen LogP contribution < -0.4 is 15.6 Å². The van der Waals surface area contributed by atoms with E-state index >= 15 is 0 Å². The fraction of sp³-hybridized carbons (Fsp3) is 0.538. The quantitative estimate of drug-likeness (QED) is 0.782. The highest BCUT2D eigenvalue weighted by Crippen LogP contribution is 2.29. The molecule has 3 N–H and O–H groups in total. The second kappa shape index (κ2) is 5.81. The Bertz CT molecular complexity index is 640. The number of rotatable bonds is 3. The van der Waals surface area contributed by atoms with E-state index in [-0.39, 0.29) is 22.0 Å². The zero-order chi connectivity index (χ0) is 15.0. The van der Waals surface area contributed by atoms with Crippen LogP contribution in [0.2, 0.25) is 5.02 Å². The highest BCUT2D eigenvalue weighted by Gasteiger charge is 2.38. The standard InChI is InChI=1S/C13H17ClFN3O2S/c14-10-6-9(15)4-5-12(10)21(19,20)18-11-3-1-2-8-7-16-17-13(8)11/h4-6,8,11,13,16-18H,1-3,7H2. The van der Waals surface area contributed by atoms with E-state index in [1.807, 2.05) is 0 Å². The van der Waals surface area contributed by atoms with Gasteiger partial charge in [0.05, 0.1) is 5.02 Å². The summed E-state index contributed by atoms with van der Waals surface area (Å²) in [5.41, 5.74) is 6.21. The summed E-state index contributed by atoms with van der Waals surface area (Å²) in [5, 5.41) is -0.104. The van der Waals surface area contributed by atoms with Crippen LogP contribution in [-0.4, -0.2) is 27.0 Å². The Hall–Kier alpha value is -0.730. The maximum Gasteiger partial charge on any atom is 0.242 e. The number of sulfonamides is 1. The molecule has 21 heavy (non-hydrogen) atoms. The van der Waals surface area contributed by atoms with Crippen LogP contribution in [0.4, 0.5) is 4.39 Å². The van der Waals surface area contributed by atoms with Crippen molar-refractivity contribution in [2.75, 3.05) is 6.54 Å². The van der Waals surface area contributed by atoms with Crippen LogP contribution in [0.25, 0.3) is 0 Å². The Morgan fingerprint density at radius 1 is 1.33 bits per heavy atom. The van der Waals surface area contributed by atoms with Crippen LogP contribution in [0.15, 0.2) is 23.1 Å². The van der Waals surface area contributed by atoms with Gasteiger partial charge >= 0.3 is 0 Å². The van der Waals surface area contributed by atoms with Crippen molar-refractivity contribution in [1.29, 1.82) is 0 Å². The summed E-state index contributed by atoms with van der Waals surface area (Å²) >= 11 is 5.86. The van der Waals surface area contributed by atoms with Crippen molar-refractivity contribution >= 4 is 21.6 Å². The molecule has 3 rings (SSSR count). The smallest absolute Gasteiger partial charge is 0.242 e. The summed E-state index contributed by atoms with van der Waals surface area (Å²) in [6.07, 6.45) is 2.84. The molecule has 1 heterocycles. The first-order chi connectivity index (χ1) is 9.97. The molecule has 1 aromatic rings. The fourth-order valence-electron chi connectivity index (χ4n) is 3.13. The Labute approximate surface area is 128 Å². The van der Waals surface area contributed by atoms with Gasteiger partial charge in [-0.15, -0.1) is 0 Å². The van der Waals surface area contributed by atoms with Crippen LogP contribution >= 0.6 is 11.6 Å². The predicted octanol–water partition coefficient (Wildman–Crippen LogP) is 1.40. The molecule has 0 amide bonds. The van der Waals surface area contributed by atoms with E-state index < -0.39 is 15.8 Å². The van der Waals surface area contributed by atoms with Crippen LogP contribution in [0, 0.1) is 11.7 Å². The Morgan fingerprint density at radius 2 is 2.14 bits per heavy atom. The molecule has 2 fully saturated rings. The number of benzene rings is 1. The third-order valence-corrected chi connectivity index (χ3v) is 6.13. The second-order valence-electron chi connectivity index (χ2n) is 5.54. The molecular weight excluding hydrogens is 317 g/mol. The molecule has 1 aliphatic heterocycles. The molecule has 2 aliphatic rings. The van der Waals surface area contributed by atoms with E-state index in [2.05, 4.69) is 15.6 Å². The van der Waals surface area contributed by atoms with Gasteiger partial charge in [-0.25, -0.2) is 17.5 Å². The van der Waals surface area contributed by atoms with Crippen molar-refractivity contribution in [2.24, 2.45) is 5.92 Å². The van der Waals surface area contributed by atoms with Crippen molar-refractivity contribution in [3.05, 3.63) is 29.0 Å². The van der Waals surface area contributed by atoms with Crippen LogP contribution in [0.5, 0.6) is 0 Å². The number of hydrogen-bond acceptors (Lipinski definition) is 4. The molecule has 0 radical (unpaired) electrons. The van der Waals surface area contributed by atoms with Gasteiger partial charge in [-0.1, -0.05) is 18.0 Å². The van der Waals surface area contributed by atoms with Gasteiger partial charge in [-0.05, 0) is 37.0 Å². The van der Waals surface area contributed by atoms with Crippen LogP contribution in [-0.2, 0) is 10.0 Å². The third kappa shape index (κ3) is 3.07. The van der Waals surface area contributed by atoms with Crippen LogP contribution in [0.3, 0.4) is 0 Å². The summed E-state index contributed by atoms with van der Waals surface area (Å²) in [6.45, 7) is 0.847. The van der Waals surface area contributed by atoms with Gasteiger partial charge in [0.15, 0.2) is 0 Å². The monoisotopic (exact) mass is 333 g/mol. The van der Waals surface area contributed by atoms with E-state index in [4.69, 9.17) is 11.6 Å². The maximum atomic E-state index is 13.1. The number of fused-ring (bicyclic) bond motifs is 1. The lowest BCUT2D eigenvalue weighted by Crippen LogP contribution is -2.52. The molecule has 1 saturated carbocycles. The lowest BCUT2D eigenvalue weighted by molar-refractivity contribution is 0.279. The zero-order valence-corrected chi connectivity index (χ0v) is 12.8. The maximum absolute atomic E-state index is 13.1. The SMILES string of the molecule is O=S(=O)(NC1CCCC2CNNC21)c1ccc(F)cc1Cl. The van der Waals surface area contributed by atoms with E-state index in [9.17, 15) is 12.8 Å².